The van der Waals surface area contributed by atoms with Crippen molar-refractivity contribution in [3.05, 3.63) is 58.7 Å². The predicted molar refractivity (Wildman–Crippen MR) is 166 cm³/mol. The lowest BCUT2D eigenvalue weighted by Gasteiger charge is -2.33. The Morgan fingerprint density at radius 3 is 2.47 bits per heavy atom. The summed E-state index contributed by atoms with van der Waals surface area (Å²) in [7, 11) is -2.33. The number of rotatable bonds is 2. The lowest BCUT2D eigenvalue weighted by molar-refractivity contribution is -0.115. The topological polar surface area (TPSA) is 101 Å². The molecule has 9 nitrogen and oxygen atoms in total. The van der Waals surface area contributed by atoms with E-state index in [-0.39, 0.29) is 11.3 Å². The van der Waals surface area contributed by atoms with E-state index in [1.807, 2.05) is 30.3 Å². The van der Waals surface area contributed by atoms with Gasteiger partial charge in [0.1, 0.15) is 5.75 Å². The van der Waals surface area contributed by atoms with Crippen molar-refractivity contribution in [2.75, 3.05) is 39.8 Å². The molecule has 1 aromatic heterocycles. The van der Waals surface area contributed by atoms with Crippen LogP contribution < -0.4 is 9.46 Å². The van der Waals surface area contributed by atoms with Crippen molar-refractivity contribution >= 4 is 38.9 Å². The van der Waals surface area contributed by atoms with Crippen molar-refractivity contribution in [3.8, 4) is 17.0 Å². The van der Waals surface area contributed by atoms with Gasteiger partial charge in [0.05, 0.1) is 19.3 Å². The maximum atomic E-state index is 13.9. The molecular formula is C33H38N4O5S. The number of ketones is 1. The first-order chi connectivity index (χ1) is 20.8. The molecule has 0 spiro atoms. The first-order valence-corrected chi connectivity index (χ1v) is 16.9. The van der Waals surface area contributed by atoms with Crippen LogP contribution >= 0.6 is 0 Å². The fourth-order valence-corrected chi connectivity index (χ4v) is 8.53. The van der Waals surface area contributed by atoms with Crippen LogP contribution in [0, 0.1) is 0 Å². The van der Waals surface area contributed by atoms with Crippen LogP contribution in [0.2, 0.25) is 0 Å². The maximum Gasteiger partial charge on any atom is 0.304 e. The van der Waals surface area contributed by atoms with Crippen molar-refractivity contribution in [1.29, 1.82) is 0 Å². The van der Waals surface area contributed by atoms with Gasteiger partial charge in [-0.05, 0) is 79.3 Å². The Bertz CT molecular complexity index is 1740. The van der Waals surface area contributed by atoms with Crippen molar-refractivity contribution in [2.45, 2.75) is 57.4 Å². The number of nitrogens with zero attached hydrogens (tertiary/aromatic N) is 3. The molecule has 0 unspecified atom stereocenters. The maximum absolute atomic E-state index is 13.9. The molecule has 10 heteroatoms. The van der Waals surface area contributed by atoms with Crippen molar-refractivity contribution in [3.63, 3.8) is 0 Å². The van der Waals surface area contributed by atoms with Gasteiger partial charge in [0.25, 0.3) is 5.91 Å². The summed E-state index contributed by atoms with van der Waals surface area (Å²) in [4.78, 5) is 29.5. The average Bonchev–Trinajstić information content (AvgIpc) is 3.23. The molecule has 1 amide bonds. The van der Waals surface area contributed by atoms with Gasteiger partial charge in [-0.25, -0.2) is 4.72 Å². The van der Waals surface area contributed by atoms with Gasteiger partial charge in [-0.15, -0.1) is 0 Å². The van der Waals surface area contributed by atoms with E-state index in [0.717, 1.165) is 58.4 Å². The molecule has 5 heterocycles. The van der Waals surface area contributed by atoms with E-state index in [2.05, 4.69) is 20.3 Å². The minimum atomic E-state index is -3.98. The minimum absolute atomic E-state index is 0.113. The summed E-state index contributed by atoms with van der Waals surface area (Å²) in [6.07, 6.45) is 8.87. The van der Waals surface area contributed by atoms with Gasteiger partial charge in [0, 0.05) is 60.2 Å². The largest absolute Gasteiger partial charge is 0.497 e. The Kier molecular flexibility index (Phi) is 7.39. The number of amides is 1. The zero-order valence-electron chi connectivity index (χ0n) is 24.6. The Balaban J connectivity index is 1.45. The highest BCUT2D eigenvalue weighted by atomic mass is 32.2. The lowest BCUT2D eigenvalue weighted by atomic mass is 9.81. The van der Waals surface area contributed by atoms with E-state index < -0.39 is 16.1 Å². The van der Waals surface area contributed by atoms with E-state index in [9.17, 15) is 18.0 Å². The van der Waals surface area contributed by atoms with Crippen LogP contribution in [0.25, 0.3) is 28.2 Å². The van der Waals surface area contributed by atoms with Crippen LogP contribution in [0.15, 0.2) is 42.0 Å². The third-order valence-electron chi connectivity index (χ3n) is 9.68. The summed E-state index contributed by atoms with van der Waals surface area (Å²) in [5.41, 5.74) is 6.19. The summed E-state index contributed by atoms with van der Waals surface area (Å²) in [5.74, 6) is 0.561. The molecule has 2 fully saturated rings. The van der Waals surface area contributed by atoms with Crippen LogP contribution in [-0.4, -0.2) is 73.7 Å². The van der Waals surface area contributed by atoms with E-state index in [1.54, 1.807) is 13.2 Å². The molecule has 1 aliphatic carbocycles. The summed E-state index contributed by atoms with van der Waals surface area (Å²) in [6.45, 7) is 2.82. The molecule has 0 atom stereocenters. The number of aromatic nitrogens is 1. The average molecular weight is 603 g/mol. The van der Waals surface area contributed by atoms with Gasteiger partial charge < -0.3 is 14.2 Å². The van der Waals surface area contributed by atoms with Crippen LogP contribution in [0.1, 0.15) is 72.3 Å². The number of piperazine rings is 1. The molecule has 4 aliphatic heterocycles. The molecule has 226 valence electrons. The van der Waals surface area contributed by atoms with Gasteiger partial charge in [0.15, 0.2) is 5.78 Å². The Labute approximate surface area is 252 Å². The number of fused-ring (bicyclic) bond motifs is 9. The molecule has 0 radical (unpaired) electrons. The number of methoxy groups -OCH3 is 1. The second-order valence-electron chi connectivity index (χ2n) is 12.2. The number of hydrogen-bond acceptors (Lipinski definition) is 6. The number of allylic oxidation sites excluding steroid dienone is 1. The van der Waals surface area contributed by atoms with Gasteiger partial charge >= 0.3 is 10.2 Å². The summed E-state index contributed by atoms with van der Waals surface area (Å²) >= 11 is 0. The molecule has 2 aromatic carbocycles. The van der Waals surface area contributed by atoms with Crippen LogP contribution in [0.5, 0.6) is 5.75 Å². The lowest BCUT2D eigenvalue weighted by Crippen LogP contribution is -2.53. The van der Waals surface area contributed by atoms with Crippen LogP contribution in [0.4, 0.5) is 0 Å². The Morgan fingerprint density at radius 1 is 0.907 bits per heavy atom. The minimum Gasteiger partial charge on any atom is -0.497 e. The highest BCUT2D eigenvalue weighted by Gasteiger charge is 2.32. The summed E-state index contributed by atoms with van der Waals surface area (Å²) in [5, 5.41) is 1.06. The highest BCUT2D eigenvalue weighted by molar-refractivity contribution is 7.87. The number of carbonyl (C=O) groups is 2. The number of carbonyl (C=O) groups excluding carboxylic acids is 2. The number of nitrogens with one attached hydrogen (secondary N) is 1. The van der Waals surface area contributed by atoms with Gasteiger partial charge in [-0.1, -0.05) is 25.3 Å². The van der Waals surface area contributed by atoms with Gasteiger partial charge in [0.2, 0.25) is 0 Å². The summed E-state index contributed by atoms with van der Waals surface area (Å²) < 4.78 is 37.8. The van der Waals surface area contributed by atoms with Gasteiger partial charge in [-0.2, -0.15) is 12.7 Å². The number of Topliss-reactive ketones (excluding diaryl/α,β-unsaturated/α-hetero) is 1. The van der Waals surface area contributed by atoms with Crippen molar-refractivity contribution in [1.82, 2.24) is 18.5 Å². The standard InChI is InChI=1S/C33H38N4O5S/c1-42-26-10-12-27-24(19-26)18-25-21-37-29-20-23(9-11-28(29)31(32(27)37)22-6-3-2-4-7-22)33(39)34-43(40,41)36-16-14-35(15-17-36)13-5-8-30(25)38/h9-12,18-20,22H,2-8,13-17,21H2,1H3,(H,34,39). The normalized spacial score (nSPS) is 24.3. The Morgan fingerprint density at radius 2 is 1.70 bits per heavy atom. The fraction of sp³-hybridized carbons (Fsp3) is 0.455. The molecule has 1 N–H and O–H groups in total. The second-order valence-corrected chi connectivity index (χ2v) is 13.9. The van der Waals surface area contributed by atoms with E-state index in [0.29, 0.717) is 51.5 Å². The zero-order valence-corrected chi connectivity index (χ0v) is 25.4. The van der Waals surface area contributed by atoms with E-state index in [1.165, 1.54) is 29.1 Å². The third kappa shape index (κ3) is 5.19. The molecule has 1 saturated carbocycles. The number of benzene rings is 2. The first-order valence-electron chi connectivity index (χ1n) is 15.5. The fourth-order valence-electron chi connectivity index (χ4n) is 7.41. The quantitative estimate of drug-likeness (QED) is 0.456. The zero-order chi connectivity index (χ0) is 29.7. The molecular weight excluding hydrogens is 564 g/mol. The molecule has 8 rings (SSSR count). The van der Waals surface area contributed by atoms with Crippen molar-refractivity contribution in [2.24, 2.45) is 0 Å². The van der Waals surface area contributed by atoms with Crippen LogP contribution in [-0.2, 0) is 21.5 Å². The van der Waals surface area contributed by atoms with Gasteiger partial charge in [-0.3, -0.25) is 9.59 Å². The summed E-state index contributed by atoms with van der Waals surface area (Å²) in [6, 6.07) is 11.6. The number of ether oxygens (including phenoxy) is 1. The molecule has 5 aliphatic rings. The molecule has 43 heavy (non-hydrogen) atoms. The van der Waals surface area contributed by atoms with E-state index >= 15 is 0 Å². The highest BCUT2D eigenvalue weighted by Crippen LogP contribution is 2.47. The van der Waals surface area contributed by atoms with E-state index in [4.69, 9.17) is 4.74 Å². The third-order valence-corrected chi connectivity index (χ3v) is 11.2. The van der Waals surface area contributed by atoms with Crippen LogP contribution in [0.3, 0.4) is 0 Å². The monoisotopic (exact) mass is 602 g/mol. The SMILES string of the molecule is COc1ccc2c(c1)C=C1Cn3c-2c(C2CCCCC2)c2ccc(cc23)C(=O)NS(=O)(=O)N2CCN(CCCC1=O)CC2. The van der Waals surface area contributed by atoms with Crippen molar-refractivity contribution < 1.29 is 22.7 Å². The smallest absolute Gasteiger partial charge is 0.304 e. The predicted octanol–water partition coefficient (Wildman–Crippen LogP) is 4.72. The molecule has 6 bridgehead atoms. The second kappa shape index (κ2) is 11.2. The first kappa shape index (κ1) is 28.3. The molecule has 3 aromatic rings. The number of hydrogen-bond donors (Lipinski definition) is 1. The molecule has 1 saturated heterocycles. The Hall–Kier alpha value is -3.47.